The van der Waals surface area contributed by atoms with Gasteiger partial charge in [-0.25, -0.2) is 0 Å². The number of nitrogens with one attached hydrogen (secondary N) is 1. The fourth-order valence-corrected chi connectivity index (χ4v) is 1.69. The number of aromatic carboxylic acids is 2. The van der Waals surface area contributed by atoms with Crippen molar-refractivity contribution in [1.29, 1.82) is 0 Å². The van der Waals surface area contributed by atoms with Gasteiger partial charge < -0.3 is 30.6 Å². The SMILES string of the molecule is O.O=C([O-])c1ccccc1Nc1ccccc1C(=O)[O-].[Zn+2]. The van der Waals surface area contributed by atoms with Gasteiger partial charge in [-0.3, -0.25) is 0 Å². The van der Waals surface area contributed by atoms with Crippen molar-refractivity contribution in [3.8, 4) is 0 Å². The third-order valence-corrected chi connectivity index (χ3v) is 2.56. The van der Waals surface area contributed by atoms with Crippen LogP contribution in [-0.4, -0.2) is 17.4 Å². The van der Waals surface area contributed by atoms with Gasteiger partial charge in [0.1, 0.15) is 0 Å². The number of anilines is 2. The summed E-state index contributed by atoms with van der Waals surface area (Å²) in [6.45, 7) is 0. The largest absolute Gasteiger partial charge is 2.00 e. The van der Waals surface area contributed by atoms with E-state index in [-0.39, 0.29) is 47.5 Å². The van der Waals surface area contributed by atoms with Crippen molar-refractivity contribution in [2.75, 3.05) is 5.32 Å². The zero-order valence-electron chi connectivity index (χ0n) is 11.0. The van der Waals surface area contributed by atoms with Crippen molar-refractivity contribution in [2.45, 2.75) is 0 Å². The van der Waals surface area contributed by atoms with E-state index in [9.17, 15) is 19.8 Å². The molecule has 104 valence electrons. The summed E-state index contributed by atoms with van der Waals surface area (Å²) in [6, 6.07) is 12.2. The number of benzene rings is 2. The first-order valence-corrected chi connectivity index (χ1v) is 5.47. The summed E-state index contributed by atoms with van der Waals surface area (Å²) in [7, 11) is 0. The number of carbonyl (C=O) groups excluding carboxylic acids is 2. The predicted molar refractivity (Wildman–Crippen MR) is 68.4 cm³/mol. The van der Waals surface area contributed by atoms with Crippen LogP contribution in [0, 0.1) is 0 Å². The Morgan fingerprint density at radius 3 is 1.43 bits per heavy atom. The normalized spacial score (nSPS) is 8.95. The van der Waals surface area contributed by atoms with Gasteiger partial charge in [-0.2, -0.15) is 0 Å². The molecule has 0 spiro atoms. The van der Waals surface area contributed by atoms with Crippen LogP contribution in [-0.2, 0) is 19.5 Å². The molecule has 0 heterocycles. The second kappa shape index (κ2) is 8.14. The molecule has 2 rings (SSSR count). The number of hydrogen-bond donors (Lipinski definition) is 1. The summed E-state index contributed by atoms with van der Waals surface area (Å²) in [5.41, 5.74) is 0.429. The third kappa shape index (κ3) is 4.37. The Bertz CT molecular complexity index is 589. The van der Waals surface area contributed by atoms with Crippen molar-refractivity contribution in [3.05, 3.63) is 59.7 Å². The molecule has 0 aliphatic carbocycles. The number of carbonyl (C=O) groups is 2. The molecule has 0 bridgehead atoms. The van der Waals surface area contributed by atoms with Crippen molar-refractivity contribution in [3.63, 3.8) is 0 Å². The van der Waals surface area contributed by atoms with Crippen LogP contribution in [0.4, 0.5) is 11.4 Å². The summed E-state index contributed by atoms with van der Waals surface area (Å²) in [4.78, 5) is 21.9. The minimum atomic E-state index is -1.34. The van der Waals surface area contributed by atoms with E-state index in [1.807, 2.05) is 0 Å². The van der Waals surface area contributed by atoms with Gasteiger partial charge >= 0.3 is 19.5 Å². The number of hydrogen-bond acceptors (Lipinski definition) is 5. The van der Waals surface area contributed by atoms with E-state index in [0.29, 0.717) is 0 Å². The minimum Gasteiger partial charge on any atom is -0.545 e. The van der Waals surface area contributed by atoms with Gasteiger partial charge in [-0.05, 0) is 12.1 Å². The van der Waals surface area contributed by atoms with E-state index in [1.165, 1.54) is 24.3 Å². The van der Waals surface area contributed by atoms with Crippen molar-refractivity contribution in [2.24, 2.45) is 0 Å². The van der Waals surface area contributed by atoms with Gasteiger partial charge in [0.15, 0.2) is 0 Å². The fourth-order valence-electron chi connectivity index (χ4n) is 1.69. The van der Waals surface area contributed by atoms with Crippen LogP contribution in [0.15, 0.2) is 48.5 Å². The Hall–Kier alpha value is -2.24. The maximum Gasteiger partial charge on any atom is 2.00 e. The summed E-state index contributed by atoms with van der Waals surface area (Å²) in [6.07, 6.45) is 0. The molecular formula is C14H11NO5Zn. The molecule has 21 heavy (non-hydrogen) atoms. The summed E-state index contributed by atoms with van der Waals surface area (Å²) in [5, 5.41) is 24.7. The number of para-hydroxylation sites is 2. The van der Waals surface area contributed by atoms with Gasteiger partial charge in [0, 0.05) is 22.5 Å². The Labute approximate surface area is 133 Å². The maximum atomic E-state index is 11.0. The number of carboxylic acids is 2. The topological polar surface area (TPSA) is 124 Å². The molecule has 2 aromatic rings. The molecule has 0 aliphatic rings. The van der Waals surface area contributed by atoms with E-state index in [0.717, 1.165) is 0 Å². The smallest absolute Gasteiger partial charge is 0.545 e. The second-order valence-corrected chi connectivity index (χ2v) is 3.79. The van der Waals surface area contributed by atoms with E-state index in [2.05, 4.69) is 5.32 Å². The van der Waals surface area contributed by atoms with Crippen LogP contribution in [0.2, 0.25) is 0 Å². The third-order valence-electron chi connectivity index (χ3n) is 2.56. The predicted octanol–water partition coefficient (Wildman–Crippen LogP) is -0.670. The number of carboxylic acid groups (broad SMARTS) is 2. The van der Waals surface area contributed by atoms with Crippen LogP contribution >= 0.6 is 0 Å². The van der Waals surface area contributed by atoms with E-state index >= 15 is 0 Å². The Balaban J connectivity index is 0.00000200. The van der Waals surface area contributed by atoms with Gasteiger partial charge in [0.05, 0.1) is 11.9 Å². The Kier molecular flexibility index (Phi) is 7.27. The molecule has 0 fully saturated rings. The molecule has 0 amide bonds. The molecular weight excluding hydrogens is 328 g/mol. The van der Waals surface area contributed by atoms with Gasteiger partial charge in [-0.15, -0.1) is 0 Å². The minimum absolute atomic E-state index is 0. The van der Waals surface area contributed by atoms with Crippen LogP contribution < -0.4 is 15.5 Å². The van der Waals surface area contributed by atoms with Crippen molar-refractivity contribution in [1.82, 2.24) is 0 Å². The molecule has 0 saturated heterocycles. The first kappa shape index (κ1) is 18.8. The maximum absolute atomic E-state index is 11.0. The molecule has 0 aromatic heterocycles. The van der Waals surface area contributed by atoms with Crippen molar-refractivity contribution >= 4 is 23.3 Å². The summed E-state index contributed by atoms with van der Waals surface area (Å²) >= 11 is 0. The fraction of sp³-hybridized carbons (Fsp3) is 0. The van der Waals surface area contributed by atoms with Crippen LogP contribution in [0.3, 0.4) is 0 Å². The molecule has 0 radical (unpaired) electrons. The molecule has 2 aromatic carbocycles. The van der Waals surface area contributed by atoms with Crippen LogP contribution in [0.1, 0.15) is 20.7 Å². The first-order chi connectivity index (χ1) is 9.09. The molecule has 3 N–H and O–H groups in total. The monoisotopic (exact) mass is 337 g/mol. The zero-order chi connectivity index (χ0) is 13.8. The quantitative estimate of drug-likeness (QED) is 0.740. The molecule has 6 nitrogen and oxygen atoms in total. The average Bonchev–Trinajstić information content (AvgIpc) is 2.39. The Morgan fingerprint density at radius 2 is 1.10 bits per heavy atom. The van der Waals surface area contributed by atoms with Crippen LogP contribution in [0.25, 0.3) is 0 Å². The zero-order valence-corrected chi connectivity index (χ0v) is 13.9. The Morgan fingerprint density at radius 1 is 0.762 bits per heavy atom. The van der Waals surface area contributed by atoms with E-state index in [1.54, 1.807) is 24.3 Å². The molecule has 7 heteroatoms. The van der Waals surface area contributed by atoms with Gasteiger partial charge in [-0.1, -0.05) is 36.4 Å². The molecule has 0 unspecified atom stereocenters. The van der Waals surface area contributed by atoms with Crippen molar-refractivity contribution < 1.29 is 44.8 Å². The van der Waals surface area contributed by atoms with E-state index in [4.69, 9.17) is 0 Å². The number of rotatable bonds is 4. The molecule has 0 atom stereocenters. The van der Waals surface area contributed by atoms with E-state index < -0.39 is 11.9 Å². The average molecular weight is 339 g/mol. The molecule has 0 aliphatic heterocycles. The summed E-state index contributed by atoms with van der Waals surface area (Å²) in [5.74, 6) is -2.68. The summed E-state index contributed by atoms with van der Waals surface area (Å²) < 4.78 is 0. The van der Waals surface area contributed by atoms with Crippen LogP contribution in [0.5, 0.6) is 0 Å². The standard InChI is InChI=1S/C14H11NO4.H2O.Zn/c16-13(17)9-5-1-3-7-11(9)15-12-8-4-2-6-10(12)14(18)19;;/h1-8,15H,(H,16,17)(H,18,19);1H2;/q;;+2/p-2. The van der Waals surface area contributed by atoms with Gasteiger partial charge in [0.2, 0.25) is 0 Å². The second-order valence-electron chi connectivity index (χ2n) is 3.79. The first-order valence-electron chi connectivity index (χ1n) is 5.47. The van der Waals surface area contributed by atoms with Gasteiger partial charge in [0.25, 0.3) is 0 Å². The molecule has 0 saturated carbocycles.